The van der Waals surface area contributed by atoms with Crippen LogP contribution in [0.15, 0.2) is 29.1 Å². The standard InChI is InChI=1S/C13H11N5O3S/c1-2-9-11(22-17-15-9)13(20)21-7-18-12(19)8-5-3-4-6-10(8)14-16-18/h3-6H,2,7H2,1H3. The Morgan fingerprint density at radius 2 is 2.14 bits per heavy atom. The number of aromatic nitrogens is 5. The van der Waals surface area contributed by atoms with E-state index < -0.39 is 5.97 Å². The highest BCUT2D eigenvalue weighted by Crippen LogP contribution is 2.12. The number of hydrogen-bond acceptors (Lipinski definition) is 8. The SMILES string of the molecule is CCc1nnsc1C(=O)OCn1nnc2ccccc2c1=O. The van der Waals surface area contributed by atoms with Gasteiger partial charge in [-0.3, -0.25) is 4.79 Å². The summed E-state index contributed by atoms with van der Waals surface area (Å²) >= 11 is 0.965. The van der Waals surface area contributed by atoms with Crippen molar-refractivity contribution in [3.63, 3.8) is 0 Å². The molecule has 2 aromatic heterocycles. The molecular weight excluding hydrogens is 306 g/mol. The van der Waals surface area contributed by atoms with Crippen LogP contribution in [-0.4, -0.2) is 30.6 Å². The minimum absolute atomic E-state index is 0.309. The van der Waals surface area contributed by atoms with E-state index >= 15 is 0 Å². The van der Waals surface area contributed by atoms with Gasteiger partial charge in [-0.15, -0.1) is 10.2 Å². The highest BCUT2D eigenvalue weighted by Gasteiger charge is 2.17. The van der Waals surface area contributed by atoms with Crippen molar-refractivity contribution < 1.29 is 9.53 Å². The minimum atomic E-state index is -0.575. The molecule has 0 saturated carbocycles. The third-order valence-corrected chi connectivity index (χ3v) is 3.77. The van der Waals surface area contributed by atoms with Crippen LogP contribution in [0, 0.1) is 0 Å². The van der Waals surface area contributed by atoms with Gasteiger partial charge in [0.15, 0.2) is 11.6 Å². The number of rotatable bonds is 4. The molecule has 0 amide bonds. The van der Waals surface area contributed by atoms with Gasteiger partial charge in [-0.1, -0.05) is 28.8 Å². The fraction of sp³-hybridized carbons (Fsp3) is 0.231. The van der Waals surface area contributed by atoms with Gasteiger partial charge in [-0.25, -0.2) is 4.79 Å². The summed E-state index contributed by atoms with van der Waals surface area (Å²) in [6.45, 7) is 1.56. The van der Waals surface area contributed by atoms with Crippen LogP contribution in [0.25, 0.3) is 10.9 Å². The van der Waals surface area contributed by atoms with Gasteiger partial charge in [0.2, 0.25) is 0 Å². The molecule has 2 heterocycles. The molecule has 0 atom stereocenters. The first-order valence-electron chi connectivity index (χ1n) is 6.51. The van der Waals surface area contributed by atoms with Crippen molar-refractivity contribution in [2.45, 2.75) is 20.1 Å². The maximum atomic E-state index is 12.2. The van der Waals surface area contributed by atoms with Crippen LogP contribution in [-0.2, 0) is 17.9 Å². The first kappa shape index (κ1) is 14.3. The normalized spacial score (nSPS) is 10.8. The smallest absolute Gasteiger partial charge is 0.353 e. The molecule has 0 bridgehead atoms. The molecule has 0 aliphatic rings. The Morgan fingerprint density at radius 1 is 1.32 bits per heavy atom. The van der Waals surface area contributed by atoms with Crippen molar-refractivity contribution in [1.29, 1.82) is 0 Å². The second-order valence-corrected chi connectivity index (χ2v) is 5.13. The third-order valence-electron chi connectivity index (χ3n) is 3.02. The molecule has 3 aromatic rings. The molecule has 0 aliphatic heterocycles. The molecule has 1 aromatic carbocycles. The minimum Gasteiger partial charge on any atom is -0.438 e. The maximum absolute atomic E-state index is 12.2. The maximum Gasteiger partial charge on any atom is 0.353 e. The van der Waals surface area contributed by atoms with E-state index in [9.17, 15) is 9.59 Å². The van der Waals surface area contributed by atoms with E-state index in [1.165, 1.54) is 0 Å². The fourth-order valence-corrected chi connectivity index (χ4v) is 2.53. The number of nitrogens with zero attached hydrogens (tertiary/aromatic N) is 5. The molecule has 0 N–H and O–H groups in total. The van der Waals surface area contributed by atoms with Gasteiger partial charge in [-0.05, 0) is 30.1 Å². The van der Waals surface area contributed by atoms with E-state index in [2.05, 4.69) is 19.9 Å². The van der Waals surface area contributed by atoms with Crippen molar-refractivity contribution in [1.82, 2.24) is 24.6 Å². The number of benzene rings is 1. The van der Waals surface area contributed by atoms with Crippen molar-refractivity contribution in [3.8, 4) is 0 Å². The Kier molecular flexibility index (Phi) is 3.88. The number of hydrogen-bond donors (Lipinski definition) is 0. The Balaban J connectivity index is 1.81. The Bertz CT molecular complexity index is 889. The van der Waals surface area contributed by atoms with E-state index in [0.29, 0.717) is 27.9 Å². The molecule has 9 heteroatoms. The van der Waals surface area contributed by atoms with Crippen LogP contribution in [0.1, 0.15) is 22.3 Å². The summed E-state index contributed by atoms with van der Waals surface area (Å²) in [6.07, 6.45) is 0.580. The lowest BCUT2D eigenvalue weighted by atomic mass is 10.2. The summed E-state index contributed by atoms with van der Waals surface area (Å²) in [6, 6.07) is 6.84. The van der Waals surface area contributed by atoms with Crippen molar-refractivity contribution in [3.05, 3.63) is 45.2 Å². The number of ether oxygens (including phenoxy) is 1. The highest BCUT2D eigenvalue weighted by atomic mass is 32.1. The molecule has 112 valence electrons. The molecule has 22 heavy (non-hydrogen) atoms. The quantitative estimate of drug-likeness (QED) is 0.662. The average Bonchev–Trinajstić information content (AvgIpc) is 3.03. The van der Waals surface area contributed by atoms with Gasteiger partial charge in [0.05, 0.1) is 11.1 Å². The topological polar surface area (TPSA) is 99.9 Å². The number of esters is 1. The first-order chi connectivity index (χ1) is 10.7. The number of carbonyl (C=O) groups excluding carboxylic acids is 1. The zero-order valence-electron chi connectivity index (χ0n) is 11.6. The summed E-state index contributed by atoms with van der Waals surface area (Å²) in [5, 5.41) is 11.9. The van der Waals surface area contributed by atoms with Crippen LogP contribution >= 0.6 is 11.5 Å². The highest BCUT2D eigenvalue weighted by molar-refractivity contribution is 7.07. The van der Waals surface area contributed by atoms with Crippen LogP contribution in [0.5, 0.6) is 0 Å². The zero-order valence-corrected chi connectivity index (χ0v) is 12.4. The van der Waals surface area contributed by atoms with Crippen molar-refractivity contribution >= 4 is 28.4 Å². The molecule has 0 radical (unpaired) electrons. The molecule has 0 saturated heterocycles. The Morgan fingerprint density at radius 3 is 2.95 bits per heavy atom. The van der Waals surface area contributed by atoms with E-state index in [0.717, 1.165) is 16.2 Å². The number of carbonyl (C=O) groups is 1. The second kappa shape index (κ2) is 5.98. The monoisotopic (exact) mass is 317 g/mol. The number of aryl methyl sites for hydroxylation is 1. The first-order valence-corrected chi connectivity index (χ1v) is 7.29. The van der Waals surface area contributed by atoms with Crippen molar-refractivity contribution in [2.24, 2.45) is 0 Å². The summed E-state index contributed by atoms with van der Waals surface area (Å²) in [7, 11) is 0. The largest absolute Gasteiger partial charge is 0.438 e. The Labute approximate surface area is 128 Å². The summed E-state index contributed by atoms with van der Waals surface area (Å²) in [5.74, 6) is -0.575. The molecule has 0 aliphatic carbocycles. The summed E-state index contributed by atoms with van der Waals surface area (Å²) in [4.78, 5) is 24.5. The molecule has 3 rings (SSSR count). The Hall–Kier alpha value is -2.68. The predicted molar refractivity (Wildman–Crippen MR) is 78.5 cm³/mol. The van der Waals surface area contributed by atoms with Gasteiger partial charge >= 0.3 is 5.97 Å². The van der Waals surface area contributed by atoms with Crippen LogP contribution < -0.4 is 5.56 Å². The van der Waals surface area contributed by atoms with Gasteiger partial charge in [0.25, 0.3) is 5.56 Å². The molecular formula is C13H11N5O3S. The van der Waals surface area contributed by atoms with Gasteiger partial charge in [0, 0.05) is 0 Å². The van der Waals surface area contributed by atoms with E-state index in [1.807, 2.05) is 6.92 Å². The summed E-state index contributed by atoms with van der Waals surface area (Å²) in [5.41, 5.74) is 0.707. The average molecular weight is 317 g/mol. The van der Waals surface area contributed by atoms with E-state index in [1.54, 1.807) is 24.3 Å². The zero-order chi connectivity index (χ0) is 15.5. The summed E-state index contributed by atoms with van der Waals surface area (Å²) < 4.78 is 9.82. The number of fused-ring (bicyclic) bond motifs is 1. The van der Waals surface area contributed by atoms with Crippen molar-refractivity contribution in [2.75, 3.05) is 0 Å². The lowest BCUT2D eigenvalue weighted by Crippen LogP contribution is -2.26. The molecule has 0 unspecified atom stereocenters. The van der Waals surface area contributed by atoms with Crippen LogP contribution in [0.2, 0.25) is 0 Å². The molecule has 8 nitrogen and oxygen atoms in total. The van der Waals surface area contributed by atoms with Crippen LogP contribution in [0.4, 0.5) is 0 Å². The van der Waals surface area contributed by atoms with Gasteiger partial charge in [0.1, 0.15) is 5.52 Å². The van der Waals surface area contributed by atoms with Crippen LogP contribution in [0.3, 0.4) is 0 Å². The molecule has 0 fully saturated rings. The molecule has 0 spiro atoms. The van der Waals surface area contributed by atoms with Gasteiger partial charge in [-0.2, -0.15) is 4.68 Å². The second-order valence-electron chi connectivity index (χ2n) is 4.37. The van der Waals surface area contributed by atoms with Gasteiger partial charge < -0.3 is 4.74 Å². The lowest BCUT2D eigenvalue weighted by Gasteiger charge is -2.05. The fourth-order valence-electron chi connectivity index (χ4n) is 1.89. The van der Waals surface area contributed by atoms with E-state index in [-0.39, 0.29) is 12.3 Å². The predicted octanol–water partition coefficient (Wildman–Crippen LogP) is 1.02. The lowest BCUT2D eigenvalue weighted by molar-refractivity contribution is 0.0340. The third kappa shape index (κ3) is 2.58. The van der Waals surface area contributed by atoms with E-state index in [4.69, 9.17) is 4.74 Å².